The van der Waals surface area contributed by atoms with Gasteiger partial charge in [-0.15, -0.1) is 11.3 Å². The molecule has 1 amide bonds. The second kappa shape index (κ2) is 3.89. The van der Waals surface area contributed by atoms with Crippen molar-refractivity contribution in [3.8, 4) is 11.8 Å². The van der Waals surface area contributed by atoms with Crippen molar-refractivity contribution < 1.29 is 4.79 Å². The van der Waals surface area contributed by atoms with Gasteiger partial charge in [-0.3, -0.25) is 4.79 Å². The lowest BCUT2D eigenvalue weighted by Gasteiger charge is -1.89. The summed E-state index contributed by atoms with van der Waals surface area (Å²) in [7, 11) is 0. The lowest BCUT2D eigenvalue weighted by molar-refractivity contribution is -0.112. The van der Waals surface area contributed by atoms with E-state index in [1.807, 2.05) is 12.1 Å². The number of fused-ring (bicyclic) bond motifs is 1. The van der Waals surface area contributed by atoms with E-state index in [1.54, 1.807) is 6.07 Å². The van der Waals surface area contributed by atoms with E-state index in [2.05, 4.69) is 16.8 Å². The number of carbonyl (C=O) groups excluding carboxylic acids is 1. The zero-order valence-corrected chi connectivity index (χ0v) is 9.02. The fraction of sp³-hybridized carbons (Fsp3) is 0. The predicted molar refractivity (Wildman–Crippen MR) is 60.7 cm³/mol. The summed E-state index contributed by atoms with van der Waals surface area (Å²) in [5.74, 6) is 4.29. The van der Waals surface area contributed by atoms with Gasteiger partial charge in [-0.1, -0.05) is 17.5 Å². The third kappa shape index (κ3) is 2.27. The van der Waals surface area contributed by atoms with Crippen LogP contribution in [0.25, 0.3) is 10.2 Å². The first kappa shape index (κ1) is 9.97. The molecule has 5 heteroatoms. The second-order valence-corrected chi connectivity index (χ2v) is 4.38. The molecule has 1 aromatic carbocycles. The number of nitrogens with two attached hydrogens (primary N) is 1. The fourth-order valence-corrected chi connectivity index (χ4v) is 2.18. The van der Waals surface area contributed by atoms with E-state index >= 15 is 0 Å². The first-order chi connectivity index (χ1) is 7.15. The lowest BCUT2D eigenvalue weighted by Crippen LogP contribution is -2.06. The summed E-state index contributed by atoms with van der Waals surface area (Å²) in [5, 5.41) is 0. The molecule has 0 bridgehead atoms. The van der Waals surface area contributed by atoms with Crippen LogP contribution < -0.4 is 5.73 Å². The number of thiazole rings is 1. The van der Waals surface area contributed by atoms with Crippen LogP contribution in [0, 0.1) is 11.8 Å². The van der Waals surface area contributed by atoms with Crippen molar-refractivity contribution in [2.24, 2.45) is 5.73 Å². The number of aromatic nitrogens is 1. The Morgan fingerprint density at radius 3 is 3.07 bits per heavy atom. The second-order valence-electron chi connectivity index (χ2n) is 2.76. The van der Waals surface area contributed by atoms with Gasteiger partial charge >= 0.3 is 0 Å². The Morgan fingerprint density at radius 1 is 1.53 bits per heavy atom. The normalized spacial score (nSPS) is 9.67. The molecule has 2 aromatic rings. The van der Waals surface area contributed by atoms with Gasteiger partial charge in [-0.2, -0.15) is 0 Å². The van der Waals surface area contributed by atoms with Crippen LogP contribution in [0.3, 0.4) is 0 Å². The summed E-state index contributed by atoms with van der Waals surface area (Å²) in [6.07, 6.45) is 0. The molecule has 0 fully saturated rings. The summed E-state index contributed by atoms with van der Waals surface area (Å²) in [5.41, 5.74) is 6.47. The quantitative estimate of drug-likeness (QED) is 0.709. The first-order valence-electron chi connectivity index (χ1n) is 4.03. The van der Waals surface area contributed by atoms with Crippen LogP contribution in [0.2, 0.25) is 4.47 Å². The SMILES string of the molecule is NC(=O)C#Cc1ccc2nc(Cl)sc2c1. The Kier molecular flexibility index (Phi) is 2.58. The van der Waals surface area contributed by atoms with E-state index in [4.69, 9.17) is 17.3 Å². The standard InChI is InChI=1S/C10H5ClN2OS/c11-10-13-7-3-1-6(2-4-9(12)14)5-8(7)15-10/h1,3,5H,(H2,12,14). The van der Waals surface area contributed by atoms with Crippen molar-refractivity contribution in [1.29, 1.82) is 0 Å². The van der Waals surface area contributed by atoms with Gasteiger partial charge in [-0.25, -0.2) is 4.98 Å². The highest BCUT2D eigenvalue weighted by molar-refractivity contribution is 7.22. The van der Waals surface area contributed by atoms with Gasteiger partial charge in [0.15, 0.2) is 4.47 Å². The number of hydrogen-bond donors (Lipinski definition) is 1. The number of halogens is 1. The summed E-state index contributed by atoms with van der Waals surface area (Å²) in [6, 6.07) is 5.41. The van der Waals surface area contributed by atoms with Crippen molar-refractivity contribution in [2.75, 3.05) is 0 Å². The zero-order valence-electron chi connectivity index (χ0n) is 7.45. The number of carbonyl (C=O) groups is 1. The van der Waals surface area contributed by atoms with Crippen molar-refractivity contribution in [1.82, 2.24) is 4.98 Å². The van der Waals surface area contributed by atoms with Gasteiger partial charge in [0.25, 0.3) is 5.91 Å². The maximum absolute atomic E-state index is 10.5. The molecule has 0 spiro atoms. The summed E-state index contributed by atoms with van der Waals surface area (Å²) in [4.78, 5) is 14.6. The molecule has 1 heterocycles. The third-order valence-electron chi connectivity index (χ3n) is 1.69. The minimum absolute atomic E-state index is 0.491. The van der Waals surface area contributed by atoms with Crippen LogP contribution in [0.1, 0.15) is 5.56 Å². The maximum atomic E-state index is 10.5. The zero-order chi connectivity index (χ0) is 10.8. The highest BCUT2D eigenvalue weighted by Gasteiger charge is 2.01. The van der Waals surface area contributed by atoms with Crippen LogP contribution in [-0.4, -0.2) is 10.9 Å². The maximum Gasteiger partial charge on any atom is 0.293 e. The largest absolute Gasteiger partial charge is 0.359 e. The molecular formula is C10H5ClN2OS. The highest BCUT2D eigenvalue weighted by atomic mass is 35.5. The Labute approximate surface area is 94.9 Å². The van der Waals surface area contributed by atoms with Gasteiger partial charge in [-0.05, 0) is 24.1 Å². The molecule has 2 N–H and O–H groups in total. The topological polar surface area (TPSA) is 56.0 Å². The Balaban J connectivity index is 2.48. The van der Waals surface area contributed by atoms with Crippen LogP contribution in [0.5, 0.6) is 0 Å². The molecule has 0 saturated heterocycles. The van der Waals surface area contributed by atoms with Crippen molar-refractivity contribution >= 4 is 39.1 Å². The fourth-order valence-electron chi connectivity index (χ4n) is 1.11. The number of primary amides is 1. The number of rotatable bonds is 0. The Bertz CT molecular complexity index is 594. The lowest BCUT2D eigenvalue weighted by atomic mass is 10.2. The molecule has 0 saturated carbocycles. The minimum atomic E-state index is -0.641. The molecule has 1 aromatic heterocycles. The van der Waals surface area contributed by atoms with Gasteiger partial charge in [0, 0.05) is 5.56 Å². The summed E-state index contributed by atoms with van der Waals surface area (Å²) >= 11 is 7.13. The molecule has 15 heavy (non-hydrogen) atoms. The molecule has 3 nitrogen and oxygen atoms in total. The van der Waals surface area contributed by atoms with E-state index in [0.29, 0.717) is 4.47 Å². The molecule has 0 unspecified atom stereocenters. The summed E-state index contributed by atoms with van der Waals surface area (Å²) < 4.78 is 1.43. The van der Waals surface area contributed by atoms with Crippen LogP contribution >= 0.6 is 22.9 Å². The Hall–Kier alpha value is -1.57. The van der Waals surface area contributed by atoms with E-state index in [9.17, 15) is 4.79 Å². The molecule has 0 radical (unpaired) electrons. The van der Waals surface area contributed by atoms with Crippen LogP contribution in [0.15, 0.2) is 18.2 Å². The number of nitrogens with zero attached hydrogens (tertiary/aromatic N) is 1. The van der Waals surface area contributed by atoms with Crippen LogP contribution in [0.4, 0.5) is 0 Å². The molecule has 0 aliphatic carbocycles. The van der Waals surface area contributed by atoms with Crippen molar-refractivity contribution in [2.45, 2.75) is 0 Å². The average Bonchev–Trinajstić information content (AvgIpc) is 2.53. The Morgan fingerprint density at radius 2 is 2.33 bits per heavy atom. The first-order valence-corrected chi connectivity index (χ1v) is 5.22. The molecule has 0 aliphatic rings. The predicted octanol–water partition coefficient (Wildman–Crippen LogP) is 1.79. The van der Waals surface area contributed by atoms with E-state index < -0.39 is 5.91 Å². The van der Waals surface area contributed by atoms with Gasteiger partial charge in [0.1, 0.15) is 0 Å². The molecule has 0 aliphatic heterocycles. The van der Waals surface area contributed by atoms with E-state index in [0.717, 1.165) is 15.8 Å². The molecule has 2 rings (SSSR count). The van der Waals surface area contributed by atoms with Gasteiger partial charge in [0.05, 0.1) is 10.2 Å². The molecule has 0 atom stereocenters. The average molecular weight is 237 g/mol. The minimum Gasteiger partial charge on any atom is -0.359 e. The number of hydrogen-bond acceptors (Lipinski definition) is 3. The van der Waals surface area contributed by atoms with E-state index in [1.165, 1.54) is 11.3 Å². The summed E-state index contributed by atoms with van der Waals surface area (Å²) in [6.45, 7) is 0. The number of benzene rings is 1. The highest BCUT2D eigenvalue weighted by Crippen LogP contribution is 2.25. The van der Waals surface area contributed by atoms with Gasteiger partial charge < -0.3 is 5.73 Å². The third-order valence-corrected chi connectivity index (χ3v) is 2.81. The smallest absolute Gasteiger partial charge is 0.293 e. The monoisotopic (exact) mass is 236 g/mol. The molecule has 74 valence electrons. The van der Waals surface area contributed by atoms with Crippen molar-refractivity contribution in [3.63, 3.8) is 0 Å². The van der Waals surface area contributed by atoms with Crippen molar-refractivity contribution in [3.05, 3.63) is 28.2 Å². The number of amides is 1. The molecular weight excluding hydrogens is 232 g/mol. The van der Waals surface area contributed by atoms with Gasteiger partial charge in [0.2, 0.25) is 0 Å². The van der Waals surface area contributed by atoms with Crippen LogP contribution in [-0.2, 0) is 4.79 Å². The van der Waals surface area contributed by atoms with E-state index in [-0.39, 0.29) is 0 Å².